The first-order valence-electron chi connectivity index (χ1n) is 2.99. The van der Waals surface area contributed by atoms with Gasteiger partial charge in [0.2, 0.25) is 0 Å². The summed E-state index contributed by atoms with van der Waals surface area (Å²) in [5, 5.41) is 0. The molecular formula is C6H9ClN2O2. The van der Waals surface area contributed by atoms with Crippen molar-refractivity contribution in [2.45, 2.75) is 0 Å². The Labute approximate surface area is 70.4 Å². The van der Waals surface area contributed by atoms with Crippen molar-refractivity contribution in [3.8, 4) is 0 Å². The lowest BCUT2D eigenvalue weighted by Gasteiger charge is -2.10. The van der Waals surface area contributed by atoms with E-state index in [0.717, 1.165) is 4.90 Å². The Balaban J connectivity index is 0.000001000. The first-order valence-corrected chi connectivity index (χ1v) is 2.99. The molecule has 62 valence electrons. The maximum atomic E-state index is 10.7. The number of hydrogen-bond acceptors (Lipinski definition) is 3. The third-order valence-electron chi connectivity index (χ3n) is 1.25. The Kier molecular flexibility index (Phi) is 3.78. The van der Waals surface area contributed by atoms with E-state index in [1.807, 2.05) is 0 Å². The molecule has 0 spiro atoms. The van der Waals surface area contributed by atoms with Crippen LogP contribution in [0.4, 0.5) is 0 Å². The molecule has 0 aliphatic carbocycles. The average molecular weight is 177 g/mol. The summed E-state index contributed by atoms with van der Waals surface area (Å²) in [4.78, 5) is 22.6. The number of imide groups is 1. The van der Waals surface area contributed by atoms with Crippen LogP contribution in [0.25, 0.3) is 0 Å². The van der Waals surface area contributed by atoms with Crippen LogP contribution in [-0.4, -0.2) is 29.8 Å². The number of halogens is 1. The van der Waals surface area contributed by atoms with E-state index in [4.69, 9.17) is 5.73 Å². The summed E-state index contributed by atoms with van der Waals surface area (Å²) in [6, 6.07) is 0. The van der Waals surface area contributed by atoms with Crippen molar-refractivity contribution in [2.75, 3.05) is 13.1 Å². The minimum absolute atomic E-state index is 0. The van der Waals surface area contributed by atoms with Crippen LogP contribution in [0.3, 0.4) is 0 Å². The Morgan fingerprint density at radius 1 is 1.27 bits per heavy atom. The molecule has 0 bridgehead atoms. The predicted octanol–water partition coefficient (Wildman–Crippen LogP) is -0.708. The molecule has 1 aliphatic rings. The molecule has 0 aromatic heterocycles. The van der Waals surface area contributed by atoms with Gasteiger partial charge in [-0.1, -0.05) is 0 Å². The van der Waals surface area contributed by atoms with Crippen LogP contribution in [0.15, 0.2) is 12.2 Å². The van der Waals surface area contributed by atoms with Crippen molar-refractivity contribution < 1.29 is 9.59 Å². The fraction of sp³-hybridized carbons (Fsp3) is 0.333. The summed E-state index contributed by atoms with van der Waals surface area (Å²) in [6.45, 7) is 0.629. The van der Waals surface area contributed by atoms with E-state index in [9.17, 15) is 9.59 Å². The second-order valence-electron chi connectivity index (χ2n) is 1.95. The van der Waals surface area contributed by atoms with Crippen molar-refractivity contribution >= 4 is 24.2 Å². The third kappa shape index (κ3) is 2.03. The highest BCUT2D eigenvalue weighted by molar-refractivity contribution is 6.12. The molecule has 1 rings (SSSR count). The van der Waals surface area contributed by atoms with Crippen molar-refractivity contribution in [1.29, 1.82) is 0 Å². The molecule has 2 N–H and O–H groups in total. The zero-order chi connectivity index (χ0) is 7.56. The molecule has 0 fully saturated rings. The van der Waals surface area contributed by atoms with Crippen LogP contribution in [0, 0.1) is 0 Å². The lowest BCUT2D eigenvalue weighted by Crippen LogP contribution is -2.34. The molecule has 4 nitrogen and oxygen atoms in total. The Hall–Kier alpha value is -0.870. The van der Waals surface area contributed by atoms with Gasteiger partial charge in [-0.05, 0) is 0 Å². The summed E-state index contributed by atoms with van der Waals surface area (Å²) < 4.78 is 0. The molecule has 0 radical (unpaired) electrons. The first-order chi connectivity index (χ1) is 4.75. The van der Waals surface area contributed by atoms with Gasteiger partial charge in [0.05, 0.1) is 0 Å². The zero-order valence-electron chi connectivity index (χ0n) is 5.82. The van der Waals surface area contributed by atoms with Gasteiger partial charge in [0, 0.05) is 25.2 Å². The van der Waals surface area contributed by atoms with E-state index in [0.29, 0.717) is 13.1 Å². The molecule has 0 saturated heterocycles. The smallest absolute Gasteiger partial charge is 0.253 e. The van der Waals surface area contributed by atoms with Gasteiger partial charge in [-0.3, -0.25) is 14.5 Å². The molecule has 0 saturated carbocycles. The molecule has 0 aromatic carbocycles. The molecule has 2 amide bonds. The SMILES string of the molecule is Cl.NCCN1C(=O)C=CC1=O. The fourth-order valence-electron chi connectivity index (χ4n) is 0.781. The zero-order valence-corrected chi connectivity index (χ0v) is 6.63. The van der Waals surface area contributed by atoms with Gasteiger partial charge in [0.25, 0.3) is 11.8 Å². The highest BCUT2D eigenvalue weighted by Gasteiger charge is 2.21. The number of hydrogen-bond donors (Lipinski definition) is 1. The van der Waals surface area contributed by atoms with Crippen LogP contribution in [0.1, 0.15) is 0 Å². The Morgan fingerprint density at radius 2 is 1.73 bits per heavy atom. The summed E-state index contributed by atoms with van der Waals surface area (Å²) in [5.74, 6) is -0.536. The van der Waals surface area contributed by atoms with Crippen LogP contribution < -0.4 is 5.73 Å². The average Bonchev–Trinajstić information content (AvgIpc) is 2.20. The predicted molar refractivity (Wildman–Crippen MR) is 42.2 cm³/mol. The minimum atomic E-state index is -0.268. The molecule has 0 unspecified atom stereocenters. The number of carbonyl (C=O) groups excluding carboxylic acids is 2. The lowest BCUT2D eigenvalue weighted by atomic mass is 10.5. The lowest BCUT2D eigenvalue weighted by molar-refractivity contribution is -0.136. The normalized spacial score (nSPS) is 15.5. The highest BCUT2D eigenvalue weighted by atomic mass is 35.5. The second-order valence-corrected chi connectivity index (χ2v) is 1.95. The highest BCUT2D eigenvalue weighted by Crippen LogP contribution is 2.00. The van der Waals surface area contributed by atoms with Crippen LogP contribution in [0.5, 0.6) is 0 Å². The molecule has 11 heavy (non-hydrogen) atoms. The summed E-state index contributed by atoms with van der Waals surface area (Å²) in [6.07, 6.45) is 2.50. The van der Waals surface area contributed by atoms with Gasteiger partial charge in [0.1, 0.15) is 0 Å². The third-order valence-corrected chi connectivity index (χ3v) is 1.25. The van der Waals surface area contributed by atoms with Gasteiger partial charge in [-0.15, -0.1) is 12.4 Å². The Bertz CT molecular complexity index is 185. The summed E-state index contributed by atoms with van der Waals surface area (Å²) >= 11 is 0. The summed E-state index contributed by atoms with van der Waals surface area (Å²) in [7, 11) is 0. The molecular weight excluding hydrogens is 168 g/mol. The number of rotatable bonds is 2. The molecule has 1 aliphatic heterocycles. The quantitative estimate of drug-likeness (QED) is 0.566. The Morgan fingerprint density at radius 3 is 2.09 bits per heavy atom. The summed E-state index contributed by atoms with van der Waals surface area (Å²) in [5.41, 5.74) is 5.16. The number of nitrogens with zero attached hydrogens (tertiary/aromatic N) is 1. The molecule has 0 atom stereocenters. The second kappa shape index (κ2) is 4.10. The van der Waals surface area contributed by atoms with Gasteiger partial charge >= 0.3 is 0 Å². The topological polar surface area (TPSA) is 63.4 Å². The van der Waals surface area contributed by atoms with Crippen molar-refractivity contribution in [1.82, 2.24) is 4.90 Å². The number of amides is 2. The van der Waals surface area contributed by atoms with E-state index in [1.165, 1.54) is 12.2 Å². The van der Waals surface area contributed by atoms with Crippen LogP contribution in [-0.2, 0) is 9.59 Å². The van der Waals surface area contributed by atoms with Crippen molar-refractivity contribution in [3.63, 3.8) is 0 Å². The van der Waals surface area contributed by atoms with E-state index >= 15 is 0 Å². The standard InChI is InChI=1S/C6H8N2O2.ClH/c7-3-4-8-5(9)1-2-6(8)10;/h1-2H,3-4,7H2;1H. The van der Waals surface area contributed by atoms with Crippen molar-refractivity contribution in [2.24, 2.45) is 5.73 Å². The van der Waals surface area contributed by atoms with E-state index in [-0.39, 0.29) is 24.2 Å². The first kappa shape index (κ1) is 10.1. The van der Waals surface area contributed by atoms with Crippen LogP contribution >= 0.6 is 12.4 Å². The van der Waals surface area contributed by atoms with E-state index in [1.54, 1.807) is 0 Å². The van der Waals surface area contributed by atoms with Gasteiger partial charge in [-0.25, -0.2) is 0 Å². The largest absolute Gasteiger partial charge is 0.329 e. The number of nitrogens with two attached hydrogens (primary N) is 1. The van der Waals surface area contributed by atoms with Gasteiger partial charge < -0.3 is 5.73 Å². The molecule has 5 heteroatoms. The molecule has 0 aromatic rings. The molecule has 1 heterocycles. The van der Waals surface area contributed by atoms with E-state index < -0.39 is 0 Å². The number of carbonyl (C=O) groups is 2. The minimum Gasteiger partial charge on any atom is -0.329 e. The fourth-order valence-corrected chi connectivity index (χ4v) is 0.781. The van der Waals surface area contributed by atoms with Gasteiger partial charge in [-0.2, -0.15) is 0 Å². The monoisotopic (exact) mass is 176 g/mol. The maximum Gasteiger partial charge on any atom is 0.253 e. The van der Waals surface area contributed by atoms with Gasteiger partial charge in [0.15, 0.2) is 0 Å². The maximum absolute atomic E-state index is 10.7. The van der Waals surface area contributed by atoms with Crippen LogP contribution in [0.2, 0.25) is 0 Å². The van der Waals surface area contributed by atoms with E-state index in [2.05, 4.69) is 0 Å². The van der Waals surface area contributed by atoms with Crippen molar-refractivity contribution in [3.05, 3.63) is 12.2 Å².